The van der Waals surface area contributed by atoms with Gasteiger partial charge in [0.05, 0.1) is 6.10 Å². The monoisotopic (exact) mass is 483 g/mol. The minimum Gasteiger partial charge on any atom is -0.463 e. The second kappa shape index (κ2) is 9.63. The molecule has 0 bridgehead atoms. The number of esters is 1. The van der Waals surface area contributed by atoms with Gasteiger partial charge in [-0.3, -0.25) is 19.1 Å². The Morgan fingerprint density at radius 1 is 1.23 bits per heavy atom. The van der Waals surface area contributed by atoms with Gasteiger partial charge in [-0.05, 0) is 23.8 Å². The van der Waals surface area contributed by atoms with Crippen LogP contribution in [0, 0.1) is 0 Å². The first kappa shape index (κ1) is 24.6. The first-order chi connectivity index (χ1) is 16.5. The summed E-state index contributed by atoms with van der Waals surface area (Å²) in [5.74, 6) is -0.303. The first-order valence-electron chi connectivity index (χ1n) is 11.4. The predicted molar refractivity (Wildman–Crippen MR) is 127 cm³/mol. The number of nitrogens with one attached hydrogen (secondary N) is 1. The number of carbonyl (C=O) groups excluding carboxylic acids is 1. The number of aliphatic hydroxyl groups is 1. The summed E-state index contributed by atoms with van der Waals surface area (Å²) in [4.78, 5) is 38.5. The molecule has 10 nitrogen and oxygen atoms in total. The topological polar surface area (TPSA) is 137 Å². The number of hydrogen-bond donors (Lipinski definition) is 2. The summed E-state index contributed by atoms with van der Waals surface area (Å²) in [6.45, 7) is 7.51. The highest BCUT2D eigenvalue weighted by Gasteiger charge is 2.32. The molecule has 1 fully saturated rings. The van der Waals surface area contributed by atoms with Crippen LogP contribution in [0.25, 0.3) is 22.6 Å². The van der Waals surface area contributed by atoms with E-state index in [1.54, 1.807) is 6.07 Å². The minimum absolute atomic E-state index is 0.0168. The third-order valence-electron chi connectivity index (χ3n) is 6.02. The summed E-state index contributed by atoms with van der Waals surface area (Å²) in [5, 5.41) is 14.3. The maximum Gasteiger partial charge on any atom is 0.330 e. The molecule has 1 aromatic carbocycles. The lowest BCUT2D eigenvalue weighted by Gasteiger charge is -2.34. The number of aliphatic hydroxyl groups excluding tert-OH is 1. The van der Waals surface area contributed by atoms with E-state index < -0.39 is 35.7 Å². The molecule has 10 heteroatoms. The fourth-order valence-corrected chi connectivity index (χ4v) is 3.97. The molecule has 1 saturated heterocycles. The Hall–Kier alpha value is -3.50. The Balaban J connectivity index is 1.61. The summed E-state index contributed by atoms with van der Waals surface area (Å²) < 4.78 is 17.5. The van der Waals surface area contributed by atoms with Crippen LogP contribution < -0.4 is 11.2 Å². The molecule has 0 amide bonds. The third kappa shape index (κ3) is 5.44. The molecule has 186 valence electrons. The molecule has 3 heterocycles. The maximum atomic E-state index is 12.6. The molecule has 3 atom stereocenters. The van der Waals surface area contributed by atoms with Crippen molar-refractivity contribution in [1.29, 1.82) is 0 Å². The summed E-state index contributed by atoms with van der Waals surface area (Å²) in [5.41, 5.74) is 1.40. The Morgan fingerprint density at radius 3 is 2.60 bits per heavy atom. The largest absolute Gasteiger partial charge is 0.463 e. The van der Waals surface area contributed by atoms with E-state index in [1.165, 1.54) is 23.3 Å². The molecule has 0 aliphatic carbocycles. The van der Waals surface area contributed by atoms with E-state index in [1.807, 2.05) is 24.3 Å². The van der Waals surface area contributed by atoms with Gasteiger partial charge in [-0.1, -0.05) is 50.2 Å². The molecule has 2 N–H and O–H groups in total. The molecule has 0 saturated carbocycles. The molecule has 0 radical (unpaired) electrons. The van der Waals surface area contributed by atoms with Gasteiger partial charge >= 0.3 is 11.7 Å². The average molecular weight is 484 g/mol. The van der Waals surface area contributed by atoms with Crippen molar-refractivity contribution in [1.82, 2.24) is 14.7 Å². The molecule has 3 aromatic rings. The molecule has 4 rings (SSSR count). The number of H-pyrrole nitrogens is 1. The van der Waals surface area contributed by atoms with Gasteiger partial charge in [-0.15, -0.1) is 0 Å². The van der Waals surface area contributed by atoms with Crippen LogP contribution in [0.3, 0.4) is 0 Å². The van der Waals surface area contributed by atoms with Gasteiger partial charge < -0.3 is 19.1 Å². The SMILES string of the molecule is CC(=O)OC[C@H]1O[C@@H](n2cc(-c3cc(-c4ccc(C(C)(C)C)cc4)no3)c(=O)[nH]c2=O)CC[C@@H]1O. The first-order valence-corrected chi connectivity index (χ1v) is 11.4. The van der Waals surface area contributed by atoms with Crippen molar-refractivity contribution in [3.05, 3.63) is 62.9 Å². The molecular formula is C25H29N3O7. The number of aromatic nitrogens is 3. The Bertz CT molecular complexity index is 1310. The fraction of sp³-hybridized carbons (Fsp3) is 0.440. The van der Waals surface area contributed by atoms with Crippen molar-refractivity contribution in [2.24, 2.45) is 0 Å². The number of ether oxygens (including phenoxy) is 2. The number of aromatic amines is 1. The van der Waals surface area contributed by atoms with Crippen molar-refractivity contribution in [3.8, 4) is 22.6 Å². The van der Waals surface area contributed by atoms with E-state index in [9.17, 15) is 19.5 Å². The second-order valence-corrected chi connectivity index (χ2v) is 9.69. The second-order valence-electron chi connectivity index (χ2n) is 9.69. The van der Waals surface area contributed by atoms with Crippen molar-refractivity contribution in [2.45, 2.75) is 64.4 Å². The number of hydrogen-bond acceptors (Lipinski definition) is 8. The molecule has 2 aromatic heterocycles. The lowest BCUT2D eigenvalue weighted by molar-refractivity contribution is -0.176. The van der Waals surface area contributed by atoms with Gasteiger partial charge in [0.25, 0.3) is 5.56 Å². The van der Waals surface area contributed by atoms with Crippen LogP contribution in [0.1, 0.15) is 52.3 Å². The molecule has 0 spiro atoms. The van der Waals surface area contributed by atoms with Crippen LogP contribution in [-0.4, -0.2) is 44.6 Å². The molecule has 1 aliphatic rings. The maximum absolute atomic E-state index is 12.6. The van der Waals surface area contributed by atoms with Gasteiger partial charge in [0.1, 0.15) is 30.2 Å². The van der Waals surface area contributed by atoms with Gasteiger partial charge in [0, 0.05) is 24.8 Å². The standard InChI is InChI=1S/C25H29N3O7/c1-14(29)33-13-21-19(30)9-10-22(34-21)28-12-17(23(31)26-24(28)32)20-11-18(27-35-20)15-5-7-16(8-6-15)25(2,3)4/h5-8,11-12,19,21-22,30H,9-10,13H2,1-4H3,(H,26,31,32)/t19-,21+,22+/m0/s1. The Morgan fingerprint density at radius 2 is 1.94 bits per heavy atom. The Labute approximate surface area is 201 Å². The fourth-order valence-electron chi connectivity index (χ4n) is 3.97. The van der Waals surface area contributed by atoms with Crippen LogP contribution >= 0.6 is 0 Å². The van der Waals surface area contributed by atoms with E-state index in [0.717, 1.165) is 5.56 Å². The molecule has 1 aliphatic heterocycles. The van der Waals surface area contributed by atoms with Crippen molar-refractivity contribution in [3.63, 3.8) is 0 Å². The average Bonchev–Trinajstić information content (AvgIpc) is 3.28. The third-order valence-corrected chi connectivity index (χ3v) is 6.02. The zero-order valence-corrected chi connectivity index (χ0v) is 20.1. The number of benzene rings is 1. The van der Waals surface area contributed by atoms with E-state index in [2.05, 4.69) is 30.9 Å². The molecule has 0 unspecified atom stereocenters. The quantitative estimate of drug-likeness (QED) is 0.529. The van der Waals surface area contributed by atoms with Crippen LogP contribution in [0.15, 0.2) is 50.6 Å². The van der Waals surface area contributed by atoms with Crippen molar-refractivity contribution >= 4 is 5.97 Å². The summed E-state index contributed by atoms with van der Waals surface area (Å²) in [7, 11) is 0. The van der Waals surface area contributed by atoms with Crippen LogP contribution in [0.5, 0.6) is 0 Å². The molecule has 35 heavy (non-hydrogen) atoms. The smallest absolute Gasteiger partial charge is 0.330 e. The zero-order valence-electron chi connectivity index (χ0n) is 20.1. The van der Waals surface area contributed by atoms with E-state index in [0.29, 0.717) is 18.5 Å². The minimum atomic E-state index is -0.843. The Kier molecular flexibility index (Phi) is 6.77. The highest BCUT2D eigenvalue weighted by molar-refractivity contribution is 5.66. The van der Waals surface area contributed by atoms with Gasteiger partial charge in [-0.25, -0.2) is 4.79 Å². The van der Waals surface area contributed by atoms with Crippen molar-refractivity contribution < 1.29 is 23.9 Å². The van der Waals surface area contributed by atoms with E-state index in [4.69, 9.17) is 14.0 Å². The van der Waals surface area contributed by atoms with Crippen LogP contribution in [0.2, 0.25) is 0 Å². The summed E-state index contributed by atoms with van der Waals surface area (Å²) in [6.07, 6.45) is -0.397. The number of rotatable bonds is 5. The normalized spacial score (nSPS) is 20.5. The number of nitrogens with zero attached hydrogens (tertiary/aromatic N) is 2. The summed E-state index contributed by atoms with van der Waals surface area (Å²) in [6, 6.07) is 9.57. The summed E-state index contributed by atoms with van der Waals surface area (Å²) >= 11 is 0. The van der Waals surface area contributed by atoms with Crippen LogP contribution in [0.4, 0.5) is 0 Å². The number of carbonyl (C=O) groups is 1. The van der Waals surface area contributed by atoms with Gasteiger partial charge in [0.2, 0.25) is 0 Å². The van der Waals surface area contributed by atoms with E-state index >= 15 is 0 Å². The molecular weight excluding hydrogens is 454 g/mol. The highest BCUT2D eigenvalue weighted by Crippen LogP contribution is 2.29. The lowest BCUT2D eigenvalue weighted by Crippen LogP contribution is -2.43. The zero-order chi connectivity index (χ0) is 25.3. The van der Waals surface area contributed by atoms with Gasteiger partial charge in [-0.2, -0.15) is 0 Å². The van der Waals surface area contributed by atoms with E-state index in [-0.39, 0.29) is 23.3 Å². The lowest BCUT2D eigenvalue weighted by atomic mass is 9.86. The van der Waals surface area contributed by atoms with Crippen molar-refractivity contribution in [2.75, 3.05) is 6.61 Å². The predicted octanol–water partition coefficient (Wildman–Crippen LogP) is 2.76. The van der Waals surface area contributed by atoms with Crippen LogP contribution in [-0.2, 0) is 19.7 Å². The van der Waals surface area contributed by atoms with Gasteiger partial charge in [0.15, 0.2) is 5.76 Å². The highest BCUT2D eigenvalue weighted by atomic mass is 16.6.